The number of carbonyl (C=O) groups excluding carboxylic acids is 1. The molecule has 4 nitrogen and oxygen atoms in total. The number of rotatable bonds is 4. The van der Waals surface area contributed by atoms with E-state index >= 15 is 0 Å². The normalized spacial score (nSPS) is 22.8. The molecular formula is C14H16FNO3. The van der Waals surface area contributed by atoms with Crippen LogP contribution in [-0.4, -0.2) is 28.4 Å². The summed E-state index contributed by atoms with van der Waals surface area (Å²) in [6.07, 6.45) is 0.723. The third kappa shape index (κ3) is 2.59. The number of carboxylic acids is 1. The highest BCUT2D eigenvalue weighted by molar-refractivity contribution is 5.87. The molecule has 1 aromatic rings. The largest absolute Gasteiger partial charge is 0.481 e. The van der Waals surface area contributed by atoms with Crippen LogP contribution in [0.4, 0.5) is 4.39 Å². The number of hydrogen-bond acceptors (Lipinski definition) is 2. The molecule has 1 saturated heterocycles. The van der Waals surface area contributed by atoms with Gasteiger partial charge in [0.15, 0.2) is 0 Å². The van der Waals surface area contributed by atoms with E-state index in [9.17, 15) is 19.1 Å². The number of halogens is 1. The molecule has 2 atom stereocenters. The van der Waals surface area contributed by atoms with E-state index in [1.165, 1.54) is 18.2 Å². The summed E-state index contributed by atoms with van der Waals surface area (Å²) in [6, 6.07) is 5.25. The van der Waals surface area contributed by atoms with Gasteiger partial charge in [-0.2, -0.15) is 0 Å². The van der Waals surface area contributed by atoms with Crippen LogP contribution in [0.2, 0.25) is 0 Å². The molecule has 0 aliphatic carbocycles. The topological polar surface area (TPSA) is 57.6 Å². The summed E-state index contributed by atoms with van der Waals surface area (Å²) in [6.45, 7) is 2.41. The first-order valence-electron chi connectivity index (χ1n) is 6.32. The van der Waals surface area contributed by atoms with E-state index in [2.05, 4.69) is 0 Å². The van der Waals surface area contributed by atoms with Crippen molar-refractivity contribution in [3.8, 4) is 0 Å². The van der Waals surface area contributed by atoms with E-state index in [1.807, 2.05) is 6.92 Å². The molecule has 1 heterocycles. The van der Waals surface area contributed by atoms with Crippen LogP contribution in [0.1, 0.15) is 31.4 Å². The Labute approximate surface area is 110 Å². The molecule has 0 radical (unpaired) electrons. The Morgan fingerprint density at radius 3 is 2.84 bits per heavy atom. The van der Waals surface area contributed by atoms with Gasteiger partial charge in [0.1, 0.15) is 5.82 Å². The van der Waals surface area contributed by atoms with Gasteiger partial charge in [0, 0.05) is 13.0 Å². The van der Waals surface area contributed by atoms with E-state index in [-0.39, 0.29) is 12.3 Å². The maximum absolute atomic E-state index is 13.3. The first kappa shape index (κ1) is 13.5. The van der Waals surface area contributed by atoms with Gasteiger partial charge in [0.2, 0.25) is 5.91 Å². The Kier molecular flexibility index (Phi) is 3.83. The Morgan fingerprint density at radius 2 is 2.26 bits per heavy atom. The molecular weight excluding hydrogens is 249 g/mol. The Morgan fingerprint density at radius 1 is 1.53 bits per heavy atom. The second-order valence-electron chi connectivity index (χ2n) is 4.74. The van der Waals surface area contributed by atoms with Crippen LogP contribution in [0, 0.1) is 11.7 Å². The molecule has 1 aliphatic heterocycles. The predicted octanol–water partition coefficient (Wildman–Crippen LogP) is 2.21. The lowest BCUT2D eigenvalue weighted by molar-refractivity contribution is -0.142. The predicted molar refractivity (Wildman–Crippen MR) is 66.9 cm³/mol. The fraction of sp³-hybridized carbons (Fsp3) is 0.429. The van der Waals surface area contributed by atoms with Crippen molar-refractivity contribution in [3.63, 3.8) is 0 Å². The average Bonchev–Trinajstić information content (AvgIpc) is 2.68. The molecule has 1 fully saturated rings. The minimum absolute atomic E-state index is 0.0173. The molecule has 0 spiro atoms. The zero-order valence-electron chi connectivity index (χ0n) is 10.7. The lowest BCUT2D eigenvalue weighted by atomic mass is 9.93. The summed E-state index contributed by atoms with van der Waals surface area (Å²) in [5.41, 5.74) is 0.548. The van der Waals surface area contributed by atoms with Crippen molar-refractivity contribution in [2.75, 3.05) is 6.54 Å². The number of hydrogen-bond donors (Lipinski definition) is 1. The van der Waals surface area contributed by atoms with Gasteiger partial charge in [-0.15, -0.1) is 0 Å². The molecule has 5 heteroatoms. The maximum atomic E-state index is 13.3. The van der Waals surface area contributed by atoms with Crippen LogP contribution in [0.25, 0.3) is 0 Å². The second-order valence-corrected chi connectivity index (χ2v) is 4.74. The summed E-state index contributed by atoms with van der Waals surface area (Å²) < 4.78 is 13.3. The van der Waals surface area contributed by atoms with Gasteiger partial charge in [0.25, 0.3) is 0 Å². The third-order valence-corrected chi connectivity index (χ3v) is 3.40. The minimum atomic E-state index is -1.01. The summed E-state index contributed by atoms with van der Waals surface area (Å²) in [7, 11) is 0. The monoisotopic (exact) mass is 265 g/mol. The number of carboxylic acid groups (broad SMARTS) is 1. The number of amides is 1. The Bertz CT molecular complexity index is 503. The van der Waals surface area contributed by atoms with E-state index in [0.29, 0.717) is 12.1 Å². The minimum Gasteiger partial charge on any atom is -0.481 e. The highest BCUT2D eigenvalue weighted by atomic mass is 19.1. The van der Waals surface area contributed by atoms with Gasteiger partial charge >= 0.3 is 5.97 Å². The first-order valence-corrected chi connectivity index (χ1v) is 6.32. The molecule has 1 amide bonds. The van der Waals surface area contributed by atoms with Crippen molar-refractivity contribution in [3.05, 3.63) is 35.6 Å². The molecule has 1 aliphatic rings. The molecule has 2 rings (SSSR count). The van der Waals surface area contributed by atoms with Crippen LogP contribution >= 0.6 is 0 Å². The molecule has 1 aromatic carbocycles. The SMILES string of the molecule is CCCN1C(=O)CC(C(=O)O)C1c1cccc(F)c1. The number of carbonyl (C=O) groups is 2. The molecule has 0 bridgehead atoms. The van der Waals surface area contributed by atoms with Gasteiger partial charge in [-0.25, -0.2) is 4.39 Å². The van der Waals surface area contributed by atoms with Crippen LogP contribution in [-0.2, 0) is 9.59 Å². The molecule has 2 unspecified atom stereocenters. The van der Waals surface area contributed by atoms with Crippen molar-refractivity contribution in [1.29, 1.82) is 0 Å². The molecule has 0 aromatic heterocycles. The van der Waals surface area contributed by atoms with Crippen LogP contribution in [0.5, 0.6) is 0 Å². The van der Waals surface area contributed by atoms with Crippen LogP contribution < -0.4 is 0 Å². The molecule has 19 heavy (non-hydrogen) atoms. The number of benzene rings is 1. The quantitative estimate of drug-likeness (QED) is 0.908. The fourth-order valence-electron chi connectivity index (χ4n) is 2.62. The zero-order chi connectivity index (χ0) is 14.0. The van der Waals surface area contributed by atoms with Crippen LogP contribution in [0.3, 0.4) is 0 Å². The average molecular weight is 265 g/mol. The number of likely N-dealkylation sites (tertiary alicyclic amines) is 1. The molecule has 1 N–H and O–H groups in total. The van der Waals surface area contributed by atoms with Gasteiger partial charge in [-0.05, 0) is 24.1 Å². The van der Waals surface area contributed by atoms with Gasteiger partial charge in [0.05, 0.1) is 12.0 Å². The third-order valence-electron chi connectivity index (χ3n) is 3.40. The van der Waals surface area contributed by atoms with E-state index < -0.39 is 23.7 Å². The van der Waals surface area contributed by atoms with E-state index in [4.69, 9.17) is 0 Å². The Hall–Kier alpha value is -1.91. The van der Waals surface area contributed by atoms with E-state index in [0.717, 1.165) is 6.42 Å². The van der Waals surface area contributed by atoms with Gasteiger partial charge < -0.3 is 10.0 Å². The summed E-state index contributed by atoms with van der Waals surface area (Å²) >= 11 is 0. The molecule has 0 saturated carbocycles. The summed E-state index contributed by atoms with van der Waals surface area (Å²) in [5, 5.41) is 9.25. The fourth-order valence-corrected chi connectivity index (χ4v) is 2.62. The zero-order valence-corrected chi connectivity index (χ0v) is 10.7. The maximum Gasteiger partial charge on any atom is 0.309 e. The highest BCUT2D eigenvalue weighted by Crippen LogP contribution is 2.38. The smallest absolute Gasteiger partial charge is 0.309 e. The summed E-state index contributed by atoms with van der Waals surface area (Å²) in [4.78, 5) is 24.8. The first-order chi connectivity index (χ1) is 9.04. The van der Waals surface area contributed by atoms with Gasteiger partial charge in [-0.1, -0.05) is 19.1 Å². The van der Waals surface area contributed by atoms with Crippen molar-refractivity contribution >= 4 is 11.9 Å². The molecule has 102 valence electrons. The lowest BCUT2D eigenvalue weighted by Crippen LogP contribution is -2.31. The van der Waals surface area contributed by atoms with E-state index in [1.54, 1.807) is 11.0 Å². The van der Waals surface area contributed by atoms with Crippen LogP contribution in [0.15, 0.2) is 24.3 Å². The lowest BCUT2D eigenvalue weighted by Gasteiger charge is -2.27. The highest BCUT2D eigenvalue weighted by Gasteiger charge is 2.44. The standard InChI is InChI=1S/C14H16FNO3/c1-2-6-16-12(17)8-11(14(18)19)13(16)9-4-3-5-10(15)7-9/h3-5,7,11,13H,2,6,8H2,1H3,(H,18,19). The van der Waals surface area contributed by atoms with Gasteiger partial charge in [-0.3, -0.25) is 9.59 Å². The number of nitrogens with zero attached hydrogens (tertiary/aromatic N) is 1. The van der Waals surface area contributed by atoms with Crippen molar-refractivity contribution in [2.24, 2.45) is 5.92 Å². The Balaban J connectivity index is 2.40. The van der Waals surface area contributed by atoms with Crippen molar-refractivity contribution < 1.29 is 19.1 Å². The summed E-state index contributed by atoms with van der Waals surface area (Å²) in [5.74, 6) is -2.41. The van der Waals surface area contributed by atoms with Crippen molar-refractivity contribution in [1.82, 2.24) is 4.90 Å². The van der Waals surface area contributed by atoms with Crippen molar-refractivity contribution in [2.45, 2.75) is 25.8 Å². The second kappa shape index (κ2) is 5.38. The number of aliphatic carboxylic acids is 1.